The number of methoxy groups -OCH3 is 3. The van der Waals surface area contributed by atoms with Gasteiger partial charge >= 0.3 is 0 Å². The van der Waals surface area contributed by atoms with Gasteiger partial charge in [0, 0.05) is 25.0 Å². The largest absolute Gasteiger partial charge is 0.493 e. The lowest BCUT2D eigenvalue weighted by molar-refractivity contribution is -0.123. The number of hydrogen-bond donors (Lipinski definition) is 1. The van der Waals surface area contributed by atoms with E-state index in [2.05, 4.69) is 5.43 Å². The van der Waals surface area contributed by atoms with Crippen molar-refractivity contribution >= 4 is 16.8 Å². The third-order valence-corrected chi connectivity index (χ3v) is 5.89. The molecule has 156 valence electrons. The quantitative estimate of drug-likeness (QED) is 0.800. The number of nitrogens with one attached hydrogen (secondary N) is 1. The number of benzene rings is 1. The number of hydrogen-bond acceptors (Lipinski definition) is 6. The number of aromatic nitrogens is 2. The average molecular weight is 401 g/mol. The van der Waals surface area contributed by atoms with E-state index in [4.69, 9.17) is 19.2 Å². The van der Waals surface area contributed by atoms with Crippen molar-refractivity contribution in [2.75, 3.05) is 26.8 Å². The van der Waals surface area contributed by atoms with Crippen molar-refractivity contribution in [3.63, 3.8) is 0 Å². The first-order valence-corrected chi connectivity index (χ1v) is 10.1. The summed E-state index contributed by atoms with van der Waals surface area (Å²) in [7, 11) is 4.74. The van der Waals surface area contributed by atoms with Gasteiger partial charge in [-0.3, -0.25) is 15.0 Å². The van der Waals surface area contributed by atoms with Crippen LogP contribution in [-0.2, 0) is 9.53 Å². The van der Waals surface area contributed by atoms with Crippen molar-refractivity contribution in [1.29, 1.82) is 0 Å². The van der Waals surface area contributed by atoms with Gasteiger partial charge in [0.15, 0.2) is 11.5 Å². The van der Waals surface area contributed by atoms with Crippen molar-refractivity contribution in [1.82, 2.24) is 9.66 Å². The van der Waals surface area contributed by atoms with Gasteiger partial charge in [0.05, 0.1) is 31.2 Å². The molecule has 2 saturated carbocycles. The lowest BCUT2D eigenvalue weighted by Crippen LogP contribution is -2.40. The zero-order valence-electron chi connectivity index (χ0n) is 17.1. The molecule has 8 nitrogen and oxygen atoms in total. The summed E-state index contributed by atoms with van der Waals surface area (Å²) in [6.07, 6.45) is 5.37. The number of carbonyl (C=O) groups is 1. The lowest BCUT2D eigenvalue weighted by Gasteiger charge is -2.27. The van der Waals surface area contributed by atoms with Crippen LogP contribution in [0.3, 0.4) is 0 Å². The Hall–Kier alpha value is -2.61. The van der Waals surface area contributed by atoms with Gasteiger partial charge in [0.2, 0.25) is 5.91 Å². The summed E-state index contributed by atoms with van der Waals surface area (Å²) >= 11 is 0. The van der Waals surface area contributed by atoms with E-state index >= 15 is 0 Å². The molecule has 0 radical (unpaired) electrons. The summed E-state index contributed by atoms with van der Waals surface area (Å²) in [4.78, 5) is 30.9. The Morgan fingerprint density at radius 3 is 2.48 bits per heavy atom. The van der Waals surface area contributed by atoms with Crippen molar-refractivity contribution in [3.05, 3.63) is 28.3 Å². The summed E-state index contributed by atoms with van der Waals surface area (Å²) in [5.41, 5.74) is 3.09. The Bertz CT molecular complexity index is 982. The second kappa shape index (κ2) is 8.02. The van der Waals surface area contributed by atoms with Crippen LogP contribution in [0.2, 0.25) is 0 Å². The van der Waals surface area contributed by atoms with Crippen LogP contribution in [0.25, 0.3) is 10.9 Å². The van der Waals surface area contributed by atoms with E-state index in [1.54, 1.807) is 26.4 Å². The molecule has 2 aromatic rings. The molecule has 1 aromatic heterocycles. The summed E-state index contributed by atoms with van der Waals surface area (Å²) in [5, 5.41) is 0.380. The van der Waals surface area contributed by atoms with E-state index in [9.17, 15) is 9.59 Å². The molecule has 8 heteroatoms. The molecular weight excluding hydrogens is 374 g/mol. The lowest BCUT2D eigenvalue weighted by atomic mass is 9.87. The van der Waals surface area contributed by atoms with Crippen LogP contribution in [0.5, 0.6) is 11.5 Å². The van der Waals surface area contributed by atoms with Crippen LogP contribution in [0, 0.1) is 5.92 Å². The fourth-order valence-electron chi connectivity index (χ4n) is 4.05. The summed E-state index contributed by atoms with van der Waals surface area (Å²) in [6.45, 7) is 0. The predicted octanol–water partition coefficient (Wildman–Crippen LogP) is 2.57. The zero-order chi connectivity index (χ0) is 20.5. The summed E-state index contributed by atoms with van der Waals surface area (Å²) < 4.78 is 17.4. The minimum Gasteiger partial charge on any atom is -0.493 e. The van der Waals surface area contributed by atoms with E-state index in [1.165, 1.54) is 11.8 Å². The maximum atomic E-state index is 13.3. The van der Waals surface area contributed by atoms with Crippen LogP contribution in [0.15, 0.2) is 16.9 Å². The number of rotatable bonds is 6. The molecule has 0 bridgehead atoms. The van der Waals surface area contributed by atoms with E-state index in [0.717, 1.165) is 32.1 Å². The fraction of sp³-hybridized carbons (Fsp3) is 0.571. The first kappa shape index (κ1) is 19.7. The van der Waals surface area contributed by atoms with Gasteiger partial charge in [-0.1, -0.05) is 6.42 Å². The highest BCUT2D eigenvalue weighted by Crippen LogP contribution is 2.39. The predicted molar refractivity (Wildman–Crippen MR) is 108 cm³/mol. The fourth-order valence-corrected chi connectivity index (χ4v) is 4.05. The third kappa shape index (κ3) is 3.81. The highest BCUT2D eigenvalue weighted by Gasteiger charge is 2.32. The maximum Gasteiger partial charge on any atom is 0.280 e. The van der Waals surface area contributed by atoms with Gasteiger partial charge < -0.3 is 14.2 Å². The molecule has 1 heterocycles. The van der Waals surface area contributed by atoms with E-state index in [0.29, 0.717) is 34.6 Å². The molecule has 2 unspecified atom stereocenters. The van der Waals surface area contributed by atoms with Crippen molar-refractivity contribution in [2.45, 2.75) is 50.5 Å². The molecule has 0 saturated heterocycles. The average Bonchev–Trinajstić information content (AvgIpc) is 3.59. The van der Waals surface area contributed by atoms with E-state index < -0.39 is 0 Å². The van der Waals surface area contributed by atoms with Gasteiger partial charge in [-0.2, -0.15) is 0 Å². The monoisotopic (exact) mass is 401 g/mol. The van der Waals surface area contributed by atoms with E-state index in [-0.39, 0.29) is 29.4 Å². The Kier molecular flexibility index (Phi) is 5.45. The molecule has 2 atom stereocenters. The molecule has 29 heavy (non-hydrogen) atoms. The van der Waals surface area contributed by atoms with E-state index in [1.807, 2.05) is 0 Å². The van der Waals surface area contributed by atoms with Gasteiger partial charge in [0.25, 0.3) is 5.56 Å². The van der Waals surface area contributed by atoms with Gasteiger partial charge in [-0.15, -0.1) is 0 Å². The smallest absolute Gasteiger partial charge is 0.280 e. The summed E-state index contributed by atoms with van der Waals surface area (Å²) in [5.74, 6) is 1.42. The first-order chi connectivity index (χ1) is 14.0. The minimum absolute atomic E-state index is 0.0885. The number of fused-ring (bicyclic) bond motifs is 1. The number of ether oxygens (including phenoxy) is 3. The van der Waals surface area contributed by atoms with Gasteiger partial charge in [-0.25, -0.2) is 9.66 Å². The Labute approximate surface area is 169 Å². The topological polar surface area (TPSA) is 91.7 Å². The van der Waals surface area contributed by atoms with Gasteiger partial charge in [-0.05, 0) is 38.2 Å². The Balaban J connectivity index is 1.73. The SMILES string of the molecule is COc1cc2nc(C3CC3)n(NC(=O)C3CCCC(OC)C3)c(=O)c2cc1OC. The molecule has 1 amide bonds. The van der Waals surface area contributed by atoms with Crippen molar-refractivity contribution < 1.29 is 19.0 Å². The Morgan fingerprint density at radius 1 is 1.10 bits per heavy atom. The van der Waals surface area contributed by atoms with Crippen LogP contribution in [-0.4, -0.2) is 43.0 Å². The zero-order valence-corrected chi connectivity index (χ0v) is 17.1. The third-order valence-electron chi connectivity index (χ3n) is 5.89. The number of carbonyl (C=O) groups excluding carboxylic acids is 1. The maximum absolute atomic E-state index is 13.3. The van der Waals surface area contributed by atoms with Gasteiger partial charge in [0.1, 0.15) is 5.82 Å². The molecule has 1 aromatic carbocycles. The highest BCUT2D eigenvalue weighted by atomic mass is 16.5. The molecule has 2 aliphatic carbocycles. The molecule has 2 aliphatic rings. The molecule has 1 N–H and O–H groups in total. The molecule has 2 fully saturated rings. The second-order valence-electron chi connectivity index (χ2n) is 7.81. The van der Waals surface area contributed by atoms with Crippen LogP contribution < -0.4 is 20.5 Å². The second-order valence-corrected chi connectivity index (χ2v) is 7.81. The van der Waals surface area contributed by atoms with Crippen molar-refractivity contribution in [3.8, 4) is 11.5 Å². The normalized spacial score (nSPS) is 21.8. The minimum atomic E-state index is -0.301. The van der Waals surface area contributed by atoms with Crippen molar-refractivity contribution in [2.24, 2.45) is 5.92 Å². The molecule has 0 spiro atoms. The Morgan fingerprint density at radius 2 is 1.83 bits per heavy atom. The number of amides is 1. The van der Waals surface area contributed by atoms with Crippen LogP contribution in [0.1, 0.15) is 50.3 Å². The summed E-state index contributed by atoms with van der Waals surface area (Å²) in [6, 6.07) is 3.32. The molecule has 0 aliphatic heterocycles. The standard InChI is InChI=1S/C21H27N3O5/c1-27-14-6-4-5-13(9-14)20(25)23-24-19(12-7-8-12)22-16-11-18(29-3)17(28-2)10-15(16)21(24)26/h10-14H,4-9H2,1-3H3,(H,23,25). The number of nitrogens with zero attached hydrogens (tertiary/aromatic N) is 2. The molecular formula is C21H27N3O5. The molecule has 4 rings (SSSR count). The van der Waals surface area contributed by atoms with Crippen LogP contribution >= 0.6 is 0 Å². The van der Waals surface area contributed by atoms with Crippen LogP contribution in [0.4, 0.5) is 0 Å². The first-order valence-electron chi connectivity index (χ1n) is 10.1. The highest BCUT2D eigenvalue weighted by molar-refractivity contribution is 5.87.